The molecule has 1 aliphatic rings. The first-order chi connectivity index (χ1) is 16.9. The van der Waals surface area contributed by atoms with Gasteiger partial charge in [-0.25, -0.2) is 8.42 Å². The maximum atomic E-state index is 14.1. The second-order valence-corrected chi connectivity index (χ2v) is 10.6. The molecular formula is C28H26N2O4S. The van der Waals surface area contributed by atoms with E-state index in [0.29, 0.717) is 17.8 Å². The number of anilines is 2. The van der Waals surface area contributed by atoms with E-state index in [0.717, 1.165) is 11.1 Å². The minimum absolute atomic E-state index is 0.228. The van der Waals surface area contributed by atoms with Crippen LogP contribution >= 0.6 is 0 Å². The van der Waals surface area contributed by atoms with Gasteiger partial charge in [0.15, 0.2) is 5.76 Å². The summed E-state index contributed by atoms with van der Waals surface area (Å²) in [6.45, 7) is 3.86. The van der Waals surface area contributed by atoms with Gasteiger partial charge in [0.25, 0.3) is 15.9 Å². The zero-order chi connectivity index (χ0) is 24.6. The minimum atomic E-state index is -3.91. The second-order valence-electron chi connectivity index (χ2n) is 8.76. The summed E-state index contributed by atoms with van der Waals surface area (Å²) in [5.74, 6) is -0.00153. The molecule has 3 aromatic carbocycles. The number of hydrogen-bond donors (Lipinski definition) is 0. The highest BCUT2D eigenvalue weighted by Gasteiger charge is 2.41. The zero-order valence-corrected chi connectivity index (χ0v) is 20.4. The Hall–Kier alpha value is -3.84. The highest BCUT2D eigenvalue weighted by atomic mass is 32.2. The van der Waals surface area contributed by atoms with Gasteiger partial charge in [0.1, 0.15) is 0 Å². The standard InChI is InChI=1S/C28H26N2O4S/c1-20-14-16-23(17-15-20)35(32,33)30(22-9-4-3-5-10-22)26-19-21(2)29(25-12-7-6-11-24(25)26)28(31)27-13-8-18-34-27/h3-18,21,26H,19H2,1-2H3/t21-,26+/m0/s1. The van der Waals surface area contributed by atoms with Crippen molar-refractivity contribution in [2.45, 2.75) is 37.2 Å². The van der Waals surface area contributed by atoms with Crippen LogP contribution in [0, 0.1) is 6.92 Å². The maximum Gasteiger partial charge on any atom is 0.294 e. The molecule has 2 heterocycles. The predicted octanol–water partition coefficient (Wildman–Crippen LogP) is 5.96. The van der Waals surface area contributed by atoms with Gasteiger partial charge in [-0.2, -0.15) is 0 Å². The van der Waals surface area contributed by atoms with Crippen LogP contribution in [0.25, 0.3) is 0 Å². The van der Waals surface area contributed by atoms with E-state index in [1.54, 1.807) is 53.4 Å². The number of amides is 1. The first-order valence-corrected chi connectivity index (χ1v) is 12.9. The van der Waals surface area contributed by atoms with E-state index in [1.165, 1.54) is 10.6 Å². The average Bonchev–Trinajstić information content (AvgIpc) is 3.40. The van der Waals surface area contributed by atoms with Gasteiger partial charge in [0.2, 0.25) is 0 Å². The Bertz CT molecular complexity index is 1430. The predicted molar refractivity (Wildman–Crippen MR) is 136 cm³/mol. The highest BCUT2D eigenvalue weighted by Crippen LogP contribution is 2.44. The first-order valence-electron chi connectivity index (χ1n) is 11.5. The number of benzene rings is 3. The van der Waals surface area contributed by atoms with Crippen LogP contribution in [0.2, 0.25) is 0 Å². The SMILES string of the molecule is Cc1ccc(S(=O)(=O)N(c2ccccc2)[C@@H]2C[C@H](C)N(C(=O)c3ccco3)c3ccccc32)cc1. The van der Waals surface area contributed by atoms with Crippen molar-refractivity contribution in [3.05, 3.63) is 114 Å². The molecular weight excluding hydrogens is 460 g/mol. The Kier molecular flexibility index (Phi) is 5.94. The smallest absolute Gasteiger partial charge is 0.294 e. The first kappa shape index (κ1) is 22.9. The molecule has 0 N–H and O–H groups in total. The van der Waals surface area contributed by atoms with Gasteiger partial charge in [0.05, 0.1) is 22.9 Å². The lowest BCUT2D eigenvalue weighted by Gasteiger charge is -2.43. The second kappa shape index (κ2) is 9.07. The molecule has 5 rings (SSSR count). The summed E-state index contributed by atoms with van der Waals surface area (Å²) >= 11 is 0. The number of rotatable bonds is 5. The van der Waals surface area contributed by atoms with Crippen LogP contribution in [0.5, 0.6) is 0 Å². The summed E-state index contributed by atoms with van der Waals surface area (Å²) in [6, 6.07) is 26.1. The lowest BCUT2D eigenvalue weighted by Crippen LogP contribution is -2.47. The van der Waals surface area contributed by atoms with Gasteiger partial charge in [-0.15, -0.1) is 0 Å². The number of carbonyl (C=O) groups is 1. The van der Waals surface area contributed by atoms with Gasteiger partial charge in [0, 0.05) is 11.7 Å². The molecule has 2 atom stereocenters. The summed E-state index contributed by atoms with van der Waals surface area (Å²) in [7, 11) is -3.91. The summed E-state index contributed by atoms with van der Waals surface area (Å²) in [6.07, 6.45) is 1.89. The van der Waals surface area contributed by atoms with E-state index >= 15 is 0 Å². The number of nitrogens with zero attached hydrogens (tertiary/aromatic N) is 2. The van der Waals surface area contributed by atoms with Crippen molar-refractivity contribution < 1.29 is 17.6 Å². The molecule has 178 valence electrons. The Morgan fingerprint density at radius 1 is 0.914 bits per heavy atom. The summed E-state index contributed by atoms with van der Waals surface area (Å²) < 4.78 is 35.1. The Labute approximate surface area is 205 Å². The van der Waals surface area contributed by atoms with E-state index in [1.807, 2.05) is 56.3 Å². The summed E-state index contributed by atoms with van der Waals surface area (Å²) in [5.41, 5.74) is 3.01. The average molecular weight is 487 g/mol. The summed E-state index contributed by atoms with van der Waals surface area (Å²) in [4.78, 5) is 15.3. The number of furan rings is 1. The Morgan fingerprint density at radius 2 is 1.60 bits per heavy atom. The zero-order valence-electron chi connectivity index (χ0n) is 19.5. The third-order valence-electron chi connectivity index (χ3n) is 6.38. The van der Waals surface area contributed by atoms with Crippen molar-refractivity contribution in [3.8, 4) is 0 Å². The molecule has 0 aliphatic carbocycles. The molecule has 1 aliphatic heterocycles. The van der Waals surface area contributed by atoms with Gasteiger partial charge in [-0.1, -0.05) is 54.1 Å². The van der Waals surface area contributed by atoms with Crippen molar-refractivity contribution in [1.82, 2.24) is 0 Å². The van der Waals surface area contributed by atoms with Gasteiger partial charge in [-0.05, 0) is 68.3 Å². The Balaban J connectivity index is 1.66. The van der Waals surface area contributed by atoms with Crippen molar-refractivity contribution in [3.63, 3.8) is 0 Å². The molecule has 4 aromatic rings. The molecule has 6 nitrogen and oxygen atoms in total. The number of fused-ring (bicyclic) bond motifs is 1. The maximum absolute atomic E-state index is 14.1. The molecule has 7 heteroatoms. The summed E-state index contributed by atoms with van der Waals surface area (Å²) in [5, 5.41) is 0. The lowest BCUT2D eigenvalue weighted by molar-refractivity contribution is 0.0947. The van der Waals surface area contributed by atoms with Crippen LogP contribution in [0.3, 0.4) is 0 Å². The molecule has 0 fully saturated rings. The molecule has 1 aromatic heterocycles. The van der Waals surface area contributed by atoms with Gasteiger partial charge >= 0.3 is 0 Å². The highest BCUT2D eigenvalue weighted by molar-refractivity contribution is 7.92. The third-order valence-corrected chi connectivity index (χ3v) is 8.23. The van der Waals surface area contributed by atoms with Crippen LogP contribution in [0.15, 0.2) is 107 Å². The number of para-hydroxylation sites is 2. The van der Waals surface area contributed by atoms with E-state index in [9.17, 15) is 13.2 Å². The van der Waals surface area contributed by atoms with Crippen molar-refractivity contribution in [2.75, 3.05) is 9.21 Å². The normalized spacial score (nSPS) is 17.6. The third kappa shape index (κ3) is 4.12. The number of aryl methyl sites for hydroxylation is 1. The number of hydrogen-bond acceptors (Lipinski definition) is 4. The molecule has 35 heavy (non-hydrogen) atoms. The molecule has 1 amide bonds. The van der Waals surface area contributed by atoms with Crippen LogP contribution in [0.4, 0.5) is 11.4 Å². The fourth-order valence-electron chi connectivity index (χ4n) is 4.72. The Morgan fingerprint density at radius 3 is 2.29 bits per heavy atom. The molecule has 0 radical (unpaired) electrons. The van der Waals surface area contributed by atoms with Crippen LogP contribution in [-0.4, -0.2) is 20.4 Å². The van der Waals surface area contributed by atoms with E-state index in [4.69, 9.17) is 4.42 Å². The van der Waals surface area contributed by atoms with E-state index < -0.39 is 16.1 Å². The minimum Gasteiger partial charge on any atom is -0.459 e. The molecule has 0 bridgehead atoms. The van der Waals surface area contributed by atoms with Crippen molar-refractivity contribution >= 4 is 27.3 Å². The monoisotopic (exact) mass is 486 g/mol. The van der Waals surface area contributed by atoms with Crippen molar-refractivity contribution in [2.24, 2.45) is 0 Å². The molecule has 0 unspecified atom stereocenters. The van der Waals surface area contributed by atoms with Gasteiger partial charge in [-0.3, -0.25) is 9.10 Å². The fourth-order valence-corrected chi connectivity index (χ4v) is 6.36. The fraction of sp³-hybridized carbons (Fsp3) is 0.179. The number of sulfonamides is 1. The molecule has 0 saturated carbocycles. The largest absolute Gasteiger partial charge is 0.459 e. The number of carbonyl (C=O) groups excluding carboxylic acids is 1. The van der Waals surface area contributed by atoms with Gasteiger partial charge < -0.3 is 9.32 Å². The quantitative estimate of drug-likeness (QED) is 0.349. The van der Waals surface area contributed by atoms with Crippen LogP contribution in [-0.2, 0) is 10.0 Å². The van der Waals surface area contributed by atoms with Crippen LogP contribution in [0.1, 0.15) is 41.1 Å². The lowest BCUT2D eigenvalue weighted by atomic mass is 9.91. The molecule has 0 saturated heterocycles. The van der Waals surface area contributed by atoms with Crippen molar-refractivity contribution in [1.29, 1.82) is 0 Å². The molecule has 0 spiro atoms. The topological polar surface area (TPSA) is 70.8 Å². The van der Waals surface area contributed by atoms with E-state index in [-0.39, 0.29) is 22.6 Å². The van der Waals surface area contributed by atoms with Crippen LogP contribution < -0.4 is 9.21 Å². The van der Waals surface area contributed by atoms with E-state index in [2.05, 4.69) is 0 Å².